The van der Waals surface area contributed by atoms with Gasteiger partial charge in [0.05, 0.1) is 36.2 Å². The highest BCUT2D eigenvalue weighted by atomic mass is 35.5. The Morgan fingerprint density at radius 1 is 1.19 bits per heavy atom. The van der Waals surface area contributed by atoms with E-state index in [0.717, 1.165) is 13.0 Å². The van der Waals surface area contributed by atoms with Crippen molar-refractivity contribution >= 4 is 17.5 Å². The maximum Gasteiger partial charge on any atom is 0.401 e. The molecule has 178 valence electrons. The van der Waals surface area contributed by atoms with E-state index in [-0.39, 0.29) is 29.5 Å². The average Bonchev–Trinajstić information content (AvgIpc) is 3.02. The number of rotatable bonds is 4. The third-order valence-electron chi connectivity index (χ3n) is 6.68. The molecular formula is C18H32ClF3N8O. The van der Waals surface area contributed by atoms with E-state index < -0.39 is 24.8 Å². The van der Waals surface area contributed by atoms with Crippen LogP contribution < -0.4 is 27.1 Å². The monoisotopic (exact) mass is 468 g/mol. The molecule has 4 rings (SSSR count). The van der Waals surface area contributed by atoms with Gasteiger partial charge in [0.1, 0.15) is 0 Å². The first-order chi connectivity index (χ1) is 14.7. The quantitative estimate of drug-likeness (QED) is 0.310. The number of hydrazine groups is 1. The molecule has 0 aliphatic carbocycles. The summed E-state index contributed by atoms with van der Waals surface area (Å²) in [5.41, 5.74) is 9.35. The van der Waals surface area contributed by atoms with Gasteiger partial charge >= 0.3 is 6.18 Å². The highest BCUT2D eigenvalue weighted by molar-refractivity contribution is 6.21. The summed E-state index contributed by atoms with van der Waals surface area (Å²) in [6.07, 6.45) is -4.07. The predicted octanol–water partition coefficient (Wildman–Crippen LogP) is -1.73. The summed E-state index contributed by atoms with van der Waals surface area (Å²) in [4.78, 5) is 16.9. The van der Waals surface area contributed by atoms with E-state index in [0.29, 0.717) is 45.8 Å². The van der Waals surface area contributed by atoms with E-state index in [1.807, 2.05) is 5.01 Å². The van der Waals surface area contributed by atoms with E-state index in [2.05, 4.69) is 26.3 Å². The summed E-state index contributed by atoms with van der Waals surface area (Å²) < 4.78 is 38.0. The van der Waals surface area contributed by atoms with Crippen molar-refractivity contribution in [3.05, 3.63) is 0 Å². The third kappa shape index (κ3) is 5.61. The van der Waals surface area contributed by atoms with Crippen molar-refractivity contribution in [2.45, 2.75) is 42.4 Å². The normalized spacial score (nSPS) is 38.7. The van der Waals surface area contributed by atoms with Crippen LogP contribution in [0.1, 0.15) is 6.42 Å². The van der Waals surface area contributed by atoms with Crippen molar-refractivity contribution < 1.29 is 18.0 Å². The Bertz CT molecular complexity index is 635. The summed E-state index contributed by atoms with van der Waals surface area (Å²) in [6.45, 7) is 3.67. The predicted molar refractivity (Wildman–Crippen MR) is 110 cm³/mol. The Morgan fingerprint density at radius 3 is 2.65 bits per heavy atom. The fraction of sp³-hybridized carbons (Fsp3) is 0.944. The summed E-state index contributed by atoms with van der Waals surface area (Å²) in [6, 6.07) is -0.0347. The van der Waals surface area contributed by atoms with Gasteiger partial charge in [-0.2, -0.15) is 13.2 Å². The second kappa shape index (κ2) is 9.64. The number of amides is 1. The van der Waals surface area contributed by atoms with Crippen LogP contribution in [-0.4, -0.2) is 116 Å². The van der Waals surface area contributed by atoms with Crippen LogP contribution in [0.25, 0.3) is 0 Å². The van der Waals surface area contributed by atoms with Gasteiger partial charge in [0, 0.05) is 51.9 Å². The summed E-state index contributed by atoms with van der Waals surface area (Å²) in [5.74, 6) is -0.585. The molecule has 0 saturated carbocycles. The smallest absolute Gasteiger partial charge is 0.350 e. The molecule has 31 heavy (non-hydrogen) atoms. The molecule has 9 nitrogen and oxygen atoms in total. The lowest BCUT2D eigenvalue weighted by Crippen LogP contribution is -2.65. The van der Waals surface area contributed by atoms with Crippen LogP contribution in [0.15, 0.2) is 0 Å². The molecule has 1 amide bonds. The lowest BCUT2D eigenvalue weighted by atomic mass is 9.95. The van der Waals surface area contributed by atoms with Crippen molar-refractivity contribution in [2.75, 3.05) is 58.9 Å². The molecule has 4 saturated heterocycles. The van der Waals surface area contributed by atoms with E-state index in [9.17, 15) is 18.0 Å². The number of hydrogen-bond donors (Lipinski definition) is 5. The molecule has 0 aromatic carbocycles. The summed E-state index contributed by atoms with van der Waals surface area (Å²) in [7, 11) is 0. The van der Waals surface area contributed by atoms with E-state index in [1.165, 1.54) is 4.90 Å². The summed E-state index contributed by atoms with van der Waals surface area (Å²) >= 11 is 6.20. The maximum absolute atomic E-state index is 13.2. The van der Waals surface area contributed by atoms with Gasteiger partial charge in [-0.1, -0.05) is 0 Å². The van der Waals surface area contributed by atoms with Gasteiger partial charge in [-0.05, 0) is 13.0 Å². The zero-order chi connectivity index (χ0) is 22.2. The topological polar surface area (TPSA) is 101 Å². The van der Waals surface area contributed by atoms with Crippen LogP contribution in [0.5, 0.6) is 0 Å². The molecular weight excluding hydrogens is 437 g/mol. The number of carbonyl (C=O) groups is 1. The Balaban J connectivity index is 1.34. The van der Waals surface area contributed by atoms with Crippen LogP contribution in [0, 0.1) is 5.92 Å². The van der Waals surface area contributed by atoms with Crippen LogP contribution in [-0.2, 0) is 4.79 Å². The van der Waals surface area contributed by atoms with E-state index in [1.54, 1.807) is 0 Å². The first-order valence-electron chi connectivity index (χ1n) is 10.9. The molecule has 6 atom stereocenters. The largest absolute Gasteiger partial charge is 0.401 e. The SMILES string of the molecule is NC1NN2CC(Cl)CNC2C1C(=O)NC1CNCCC1N1CCN(CC(F)(F)F)CC1. The Morgan fingerprint density at radius 2 is 1.94 bits per heavy atom. The van der Waals surface area contributed by atoms with Gasteiger partial charge < -0.3 is 16.4 Å². The van der Waals surface area contributed by atoms with Crippen molar-refractivity contribution in [1.29, 1.82) is 0 Å². The second-order valence-corrected chi connectivity index (χ2v) is 9.50. The number of nitrogens with one attached hydrogen (secondary N) is 4. The Labute approximate surface area is 185 Å². The van der Waals surface area contributed by atoms with E-state index >= 15 is 0 Å². The average molecular weight is 469 g/mol. The Hall–Kier alpha value is -0.730. The van der Waals surface area contributed by atoms with Crippen LogP contribution >= 0.6 is 11.6 Å². The lowest BCUT2D eigenvalue weighted by Gasteiger charge is -2.45. The molecule has 13 heteroatoms. The molecule has 0 radical (unpaired) electrons. The number of fused-ring (bicyclic) bond motifs is 1. The number of halogens is 4. The molecule has 0 bridgehead atoms. The minimum atomic E-state index is -4.17. The van der Waals surface area contributed by atoms with Gasteiger partial charge in [-0.15, -0.1) is 11.6 Å². The van der Waals surface area contributed by atoms with Gasteiger partial charge in [0.15, 0.2) is 0 Å². The molecule has 0 aromatic rings. The molecule has 6 N–H and O–H groups in total. The fourth-order valence-electron chi connectivity index (χ4n) is 5.19. The van der Waals surface area contributed by atoms with Gasteiger partial charge in [0.25, 0.3) is 0 Å². The Kier molecular flexibility index (Phi) is 7.28. The molecule has 4 aliphatic heterocycles. The van der Waals surface area contributed by atoms with E-state index in [4.69, 9.17) is 17.3 Å². The molecule has 4 aliphatic rings. The number of piperazine rings is 1. The van der Waals surface area contributed by atoms with Crippen molar-refractivity contribution in [2.24, 2.45) is 11.7 Å². The third-order valence-corrected chi connectivity index (χ3v) is 6.97. The lowest BCUT2D eigenvalue weighted by molar-refractivity contribution is -0.150. The number of nitrogens with two attached hydrogens (primary N) is 1. The number of carbonyl (C=O) groups excluding carboxylic acids is 1. The number of piperidine rings is 1. The number of nitrogens with zero attached hydrogens (tertiary/aromatic N) is 3. The molecule has 6 unspecified atom stereocenters. The summed E-state index contributed by atoms with van der Waals surface area (Å²) in [5, 5.41) is 11.6. The van der Waals surface area contributed by atoms with Crippen molar-refractivity contribution in [3.8, 4) is 0 Å². The van der Waals surface area contributed by atoms with Gasteiger partial charge in [-0.25, -0.2) is 10.4 Å². The number of hydrogen-bond acceptors (Lipinski definition) is 8. The first-order valence-corrected chi connectivity index (χ1v) is 11.3. The van der Waals surface area contributed by atoms with Crippen molar-refractivity contribution in [3.63, 3.8) is 0 Å². The minimum absolute atomic E-state index is 0.0549. The maximum atomic E-state index is 13.2. The van der Waals surface area contributed by atoms with Crippen LogP contribution in [0.2, 0.25) is 0 Å². The molecule has 0 spiro atoms. The highest BCUT2D eigenvalue weighted by Gasteiger charge is 2.47. The second-order valence-electron chi connectivity index (χ2n) is 8.89. The van der Waals surface area contributed by atoms with Crippen molar-refractivity contribution in [1.82, 2.24) is 36.2 Å². The fourth-order valence-corrected chi connectivity index (χ4v) is 5.43. The molecule has 0 aromatic heterocycles. The van der Waals surface area contributed by atoms with Crippen LogP contribution in [0.3, 0.4) is 0 Å². The van der Waals surface area contributed by atoms with Crippen LogP contribution in [0.4, 0.5) is 13.2 Å². The molecule has 4 fully saturated rings. The van der Waals surface area contributed by atoms with Gasteiger partial charge in [-0.3, -0.25) is 19.9 Å². The highest BCUT2D eigenvalue weighted by Crippen LogP contribution is 2.24. The standard InChI is InChI=1S/C18H32ClF3N8O/c19-11-7-25-16-14(15(23)27-30(16)9-11)17(31)26-12-8-24-2-1-13(12)29-5-3-28(4-6-29)10-18(20,21)22/h11-16,24-25,27H,1-10,23H2,(H,26,31). The zero-order valence-electron chi connectivity index (χ0n) is 17.4. The first kappa shape index (κ1) is 23.4. The zero-order valence-corrected chi connectivity index (χ0v) is 18.1. The molecule has 4 heterocycles. The van der Waals surface area contributed by atoms with Gasteiger partial charge in [0.2, 0.25) is 5.91 Å². The number of alkyl halides is 4. The minimum Gasteiger partial charge on any atom is -0.350 e.